The molecule has 1 N–H and O–H groups in total. The Morgan fingerprint density at radius 1 is 1.37 bits per heavy atom. The molecule has 1 saturated heterocycles. The number of hydrogen-bond acceptors (Lipinski definition) is 4. The van der Waals surface area contributed by atoms with Crippen LogP contribution in [0.25, 0.3) is 0 Å². The normalized spacial score (nSPS) is 19.9. The van der Waals surface area contributed by atoms with E-state index in [1.807, 2.05) is 30.0 Å². The van der Waals surface area contributed by atoms with Crippen LogP contribution in [0, 0.1) is 0 Å². The van der Waals surface area contributed by atoms with Crippen LogP contribution in [0.3, 0.4) is 0 Å². The molecule has 2 rings (SSSR count). The minimum Gasteiger partial charge on any atom is -0.391 e. The third-order valence-corrected chi connectivity index (χ3v) is 6.07. The zero-order chi connectivity index (χ0) is 13.7. The van der Waals surface area contributed by atoms with Crippen molar-refractivity contribution in [1.29, 1.82) is 0 Å². The molecule has 19 heavy (non-hydrogen) atoms. The molecule has 1 aliphatic rings. The Kier molecular flexibility index (Phi) is 5.37. The Labute approximate surface area is 123 Å². The van der Waals surface area contributed by atoms with E-state index in [-0.39, 0.29) is 17.0 Å². The maximum absolute atomic E-state index is 11.3. The monoisotopic (exact) mass is 296 g/mol. The van der Waals surface area contributed by atoms with Gasteiger partial charge in [0.15, 0.2) is 0 Å². The highest BCUT2D eigenvalue weighted by atomic mass is 32.2. The van der Waals surface area contributed by atoms with E-state index in [1.54, 1.807) is 18.7 Å². The molecule has 0 aromatic heterocycles. The van der Waals surface area contributed by atoms with Crippen molar-refractivity contribution in [2.45, 2.75) is 41.9 Å². The first-order chi connectivity index (χ1) is 9.12. The summed E-state index contributed by atoms with van der Waals surface area (Å²) in [7, 11) is 0. The lowest BCUT2D eigenvalue weighted by Gasteiger charge is -2.40. The zero-order valence-electron chi connectivity index (χ0n) is 11.2. The van der Waals surface area contributed by atoms with Crippen LogP contribution in [0.1, 0.15) is 26.2 Å². The fraction of sp³-hybridized carbons (Fsp3) is 0.533. The highest BCUT2D eigenvalue weighted by Crippen LogP contribution is 2.46. The SMILES string of the molecule is CC(=O)CC(O)C1(Sc2ccccc2)CCSCC1. The van der Waals surface area contributed by atoms with E-state index in [1.165, 1.54) is 4.90 Å². The predicted octanol–water partition coefficient (Wildman–Crippen LogP) is 3.38. The van der Waals surface area contributed by atoms with Crippen molar-refractivity contribution < 1.29 is 9.90 Å². The van der Waals surface area contributed by atoms with Gasteiger partial charge in [-0.15, -0.1) is 11.8 Å². The first kappa shape index (κ1) is 14.9. The molecule has 104 valence electrons. The number of aliphatic hydroxyl groups is 1. The fourth-order valence-corrected chi connectivity index (χ4v) is 5.27. The van der Waals surface area contributed by atoms with Gasteiger partial charge >= 0.3 is 0 Å². The van der Waals surface area contributed by atoms with E-state index in [0.717, 1.165) is 24.3 Å². The summed E-state index contributed by atoms with van der Waals surface area (Å²) in [6.07, 6.45) is 1.65. The fourth-order valence-electron chi connectivity index (χ4n) is 2.40. The molecule has 0 amide bonds. The van der Waals surface area contributed by atoms with Crippen LogP contribution in [-0.4, -0.2) is 33.2 Å². The van der Waals surface area contributed by atoms with Gasteiger partial charge in [0, 0.05) is 16.1 Å². The van der Waals surface area contributed by atoms with Gasteiger partial charge in [-0.25, -0.2) is 0 Å². The van der Waals surface area contributed by atoms with Gasteiger partial charge in [-0.3, -0.25) is 4.79 Å². The van der Waals surface area contributed by atoms with Crippen LogP contribution >= 0.6 is 23.5 Å². The second-order valence-corrected chi connectivity index (χ2v) is 7.73. The number of ketones is 1. The summed E-state index contributed by atoms with van der Waals surface area (Å²) in [5, 5.41) is 10.5. The molecule has 1 aromatic carbocycles. The molecule has 1 aliphatic heterocycles. The highest BCUT2D eigenvalue weighted by molar-refractivity contribution is 8.01. The second-order valence-electron chi connectivity index (χ2n) is 5.01. The largest absolute Gasteiger partial charge is 0.391 e. The van der Waals surface area contributed by atoms with E-state index in [0.29, 0.717) is 0 Å². The van der Waals surface area contributed by atoms with Crippen LogP contribution in [0.2, 0.25) is 0 Å². The van der Waals surface area contributed by atoms with E-state index in [9.17, 15) is 9.90 Å². The topological polar surface area (TPSA) is 37.3 Å². The number of Topliss-reactive ketones (excluding diaryl/α,β-unsaturated/α-hetero) is 1. The van der Waals surface area contributed by atoms with Crippen molar-refractivity contribution >= 4 is 29.3 Å². The summed E-state index contributed by atoms with van der Waals surface area (Å²) in [4.78, 5) is 12.5. The third kappa shape index (κ3) is 4.01. The van der Waals surface area contributed by atoms with Gasteiger partial charge in [-0.2, -0.15) is 11.8 Å². The molecule has 0 spiro atoms. The van der Waals surface area contributed by atoms with Gasteiger partial charge < -0.3 is 5.11 Å². The lowest BCUT2D eigenvalue weighted by atomic mass is 9.91. The first-order valence-electron chi connectivity index (χ1n) is 6.62. The summed E-state index contributed by atoms with van der Waals surface area (Å²) in [5.41, 5.74) is 0. The van der Waals surface area contributed by atoms with Gasteiger partial charge in [0.05, 0.1) is 6.10 Å². The average Bonchev–Trinajstić information content (AvgIpc) is 2.40. The van der Waals surface area contributed by atoms with E-state index in [2.05, 4.69) is 12.1 Å². The molecule has 0 saturated carbocycles. The van der Waals surface area contributed by atoms with E-state index < -0.39 is 6.10 Å². The maximum Gasteiger partial charge on any atom is 0.132 e. The lowest BCUT2D eigenvalue weighted by molar-refractivity contribution is -0.119. The summed E-state index contributed by atoms with van der Waals surface area (Å²) < 4.78 is -0.196. The minimum absolute atomic E-state index is 0.0683. The summed E-state index contributed by atoms with van der Waals surface area (Å²) >= 11 is 3.68. The predicted molar refractivity (Wildman–Crippen MR) is 82.9 cm³/mol. The van der Waals surface area contributed by atoms with Gasteiger partial charge in [0.25, 0.3) is 0 Å². The zero-order valence-corrected chi connectivity index (χ0v) is 12.8. The van der Waals surface area contributed by atoms with Crippen LogP contribution < -0.4 is 0 Å². The number of carbonyl (C=O) groups excluding carboxylic acids is 1. The van der Waals surface area contributed by atoms with Crippen molar-refractivity contribution in [3.63, 3.8) is 0 Å². The quantitative estimate of drug-likeness (QED) is 0.904. The van der Waals surface area contributed by atoms with Crippen molar-refractivity contribution in [1.82, 2.24) is 0 Å². The van der Waals surface area contributed by atoms with Gasteiger partial charge in [0.1, 0.15) is 5.78 Å². The summed E-state index contributed by atoms with van der Waals surface area (Å²) in [5.74, 6) is 2.20. The standard InChI is InChI=1S/C15H20O2S2/c1-12(16)11-14(17)15(7-9-18-10-8-15)19-13-5-3-2-4-6-13/h2-6,14,17H,7-11H2,1H3. The van der Waals surface area contributed by atoms with Crippen LogP contribution in [-0.2, 0) is 4.79 Å². The van der Waals surface area contributed by atoms with Crippen LogP contribution in [0.5, 0.6) is 0 Å². The third-order valence-electron chi connectivity index (χ3n) is 3.49. The van der Waals surface area contributed by atoms with E-state index >= 15 is 0 Å². The number of aliphatic hydroxyl groups excluding tert-OH is 1. The number of benzene rings is 1. The van der Waals surface area contributed by atoms with Gasteiger partial charge in [-0.1, -0.05) is 18.2 Å². The Hall–Kier alpha value is -0.450. The molecule has 0 radical (unpaired) electrons. The molecule has 2 nitrogen and oxygen atoms in total. The second kappa shape index (κ2) is 6.82. The van der Waals surface area contributed by atoms with Crippen molar-refractivity contribution in [2.24, 2.45) is 0 Å². The molecule has 1 unspecified atom stereocenters. The lowest BCUT2D eigenvalue weighted by Crippen LogP contribution is -2.43. The van der Waals surface area contributed by atoms with Gasteiger partial charge in [-0.05, 0) is 43.4 Å². The number of carbonyl (C=O) groups is 1. The maximum atomic E-state index is 11.3. The average molecular weight is 296 g/mol. The molecule has 4 heteroatoms. The van der Waals surface area contributed by atoms with Crippen molar-refractivity contribution in [2.75, 3.05) is 11.5 Å². The van der Waals surface area contributed by atoms with Crippen molar-refractivity contribution in [3.8, 4) is 0 Å². The smallest absolute Gasteiger partial charge is 0.132 e. The first-order valence-corrected chi connectivity index (χ1v) is 8.59. The molecule has 1 fully saturated rings. The summed E-state index contributed by atoms with van der Waals surface area (Å²) in [6.45, 7) is 1.56. The van der Waals surface area contributed by atoms with Crippen LogP contribution in [0.15, 0.2) is 35.2 Å². The number of thioether (sulfide) groups is 2. The highest BCUT2D eigenvalue weighted by Gasteiger charge is 2.40. The number of rotatable bonds is 5. The molecule has 1 atom stereocenters. The number of hydrogen-bond donors (Lipinski definition) is 1. The molecule has 0 aliphatic carbocycles. The Morgan fingerprint density at radius 2 is 2.00 bits per heavy atom. The summed E-state index contributed by atoms with van der Waals surface area (Å²) in [6, 6.07) is 10.2. The van der Waals surface area contributed by atoms with Crippen LogP contribution in [0.4, 0.5) is 0 Å². The molecular weight excluding hydrogens is 276 g/mol. The van der Waals surface area contributed by atoms with Gasteiger partial charge in [0.2, 0.25) is 0 Å². The molecular formula is C15H20O2S2. The molecule has 0 bridgehead atoms. The Morgan fingerprint density at radius 3 is 2.58 bits per heavy atom. The Bertz CT molecular complexity index is 413. The minimum atomic E-state index is -0.545. The van der Waals surface area contributed by atoms with Crippen molar-refractivity contribution in [3.05, 3.63) is 30.3 Å². The Balaban J connectivity index is 2.16. The molecule has 1 heterocycles. The molecule has 1 aromatic rings. The van der Waals surface area contributed by atoms with E-state index in [4.69, 9.17) is 0 Å².